The first-order valence-corrected chi connectivity index (χ1v) is 11.5. The van der Waals surface area contributed by atoms with Crippen LogP contribution in [0.15, 0.2) is 55.0 Å². The topological polar surface area (TPSA) is 83.8 Å². The molecule has 1 saturated heterocycles. The van der Waals surface area contributed by atoms with Gasteiger partial charge in [0.15, 0.2) is 5.78 Å². The molecule has 31 heavy (non-hydrogen) atoms. The minimum absolute atomic E-state index is 0. The number of nitrogens with one attached hydrogen (secondary N) is 1. The summed E-state index contributed by atoms with van der Waals surface area (Å²) in [4.78, 5) is 19.5. The third-order valence-corrected chi connectivity index (χ3v) is 5.89. The fourth-order valence-corrected chi connectivity index (χ4v) is 4.39. The summed E-state index contributed by atoms with van der Waals surface area (Å²) in [5.41, 5.74) is 3.27. The number of Topliss-reactive ketones (excluding diaryl/α,β-unsaturated/α-hetero) is 1. The number of imidazole rings is 1. The first-order chi connectivity index (χ1) is 13.9. The summed E-state index contributed by atoms with van der Waals surface area (Å²) in [6.07, 6.45) is 8.60. The smallest absolute Gasteiger partial charge is 0.229 e. The Morgan fingerprint density at radius 2 is 1.77 bits per heavy atom. The van der Waals surface area contributed by atoms with Gasteiger partial charge in [-0.3, -0.25) is 14.4 Å². The average molecular weight is 485 g/mol. The lowest BCUT2D eigenvalue weighted by molar-refractivity contribution is 0.0835. The van der Waals surface area contributed by atoms with Crippen LogP contribution in [0.25, 0.3) is 5.65 Å². The zero-order valence-electron chi connectivity index (χ0n) is 17.1. The van der Waals surface area contributed by atoms with E-state index in [0.29, 0.717) is 11.3 Å². The molecule has 3 heterocycles. The van der Waals surface area contributed by atoms with Crippen LogP contribution in [0.3, 0.4) is 0 Å². The SMILES string of the molecule is CS(=O)(=O)Nc1ccc(C(=O)C2CCN(Cc3ccc4nccn4c3)CC2)cc1.Cl.Cl. The number of hydrogen-bond donors (Lipinski definition) is 1. The molecule has 168 valence electrons. The van der Waals surface area contributed by atoms with Gasteiger partial charge in [0.05, 0.1) is 6.26 Å². The van der Waals surface area contributed by atoms with E-state index in [-0.39, 0.29) is 36.5 Å². The van der Waals surface area contributed by atoms with Crippen LogP contribution in [0, 0.1) is 5.92 Å². The molecule has 2 aromatic heterocycles. The number of aromatic nitrogens is 2. The molecule has 0 radical (unpaired) electrons. The lowest BCUT2D eigenvalue weighted by Gasteiger charge is -2.31. The summed E-state index contributed by atoms with van der Waals surface area (Å²) in [7, 11) is -3.32. The zero-order chi connectivity index (χ0) is 20.4. The fourth-order valence-electron chi connectivity index (χ4n) is 3.82. The van der Waals surface area contributed by atoms with E-state index in [9.17, 15) is 13.2 Å². The highest BCUT2D eigenvalue weighted by atomic mass is 35.5. The van der Waals surface area contributed by atoms with E-state index >= 15 is 0 Å². The van der Waals surface area contributed by atoms with E-state index in [1.165, 1.54) is 5.56 Å². The number of carbonyl (C=O) groups is 1. The molecule has 4 rings (SSSR count). The Hall–Kier alpha value is -2.13. The summed E-state index contributed by atoms with van der Waals surface area (Å²) in [6, 6.07) is 10.8. The predicted molar refractivity (Wildman–Crippen MR) is 127 cm³/mol. The maximum absolute atomic E-state index is 12.8. The molecule has 0 spiro atoms. The first-order valence-electron chi connectivity index (χ1n) is 9.63. The molecule has 7 nitrogen and oxygen atoms in total. The van der Waals surface area contributed by atoms with Crippen molar-refractivity contribution in [2.45, 2.75) is 19.4 Å². The van der Waals surface area contributed by atoms with E-state index in [2.05, 4.69) is 26.9 Å². The molecule has 0 unspecified atom stereocenters. The van der Waals surface area contributed by atoms with E-state index in [1.54, 1.807) is 30.5 Å². The number of carbonyl (C=O) groups excluding carboxylic acids is 1. The largest absolute Gasteiger partial charge is 0.307 e. The number of ketones is 1. The highest BCUT2D eigenvalue weighted by Gasteiger charge is 2.26. The molecule has 1 aliphatic heterocycles. The molecule has 0 saturated carbocycles. The molecule has 1 fully saturated rings. The number of hydrogen-bond acceptors (Lipinski definition) is 5. The van der Waals surface area contributed by atoms with Crippen LogP contribution in [-0.2, 0) is 16.6 Å². The molecule has 10 heteroatoms. The van der Waals surface area contributed by atoms with Crippen LogP contribution < -0.4 is 4.72 Å². The summed E-state index contributed by atoms with van der Waals surface area (Å²) in [5, 5.41) is 0. The number of halogens is 2. The Morgan fingerprint density at radius 1 is 1.10 bits per heavy atom. The monoisotopic (exact) mass is 484 g/mol. The third kappa shape index (κ3) is 6.43. The Balaban J connectivity index is 0.00000171. The van der Waals surface area contributed by atoms with Gasteiger partial charge in [-0.15, -0.1) is 24.8 Å². The molecule has 1 aliphatic rings. The molecule has 3 aromatic rings. The van der Waals surface area contributed by atoms with Crippen molar-refractivity contribution in [2.24, 2.45) is 5.92 Å². The van der Waals surface area contributed by atoms with Crippen molar-refractivity contribution in [3.05, 3.63) is 66.1 Å². The highest BCUT2D eigenvalue weighted by Crippen LogP contribution is 2.24. The van der Waals surface area contributed by atoms with Crippen molar-refractivity contribution in [3.8, 4) is 0 Å². The van der Waals surface area contributed by atoms with Gasteiger partial charge in [0.2, 0.25) is 10.0 Å². The lowest BCUT2D eigenvalue weighted by Crippen LogP contribution is -2.36. The Labute approximate surface area is 194 Å². The minimum Gasteiger partial charge on any atom is -0.307 e. The Kier molecular flexibility index (Phi) is 8.48. The van der Waals surface area contributed by atoms with Gasteiger partial charge in [0.25, 0.3) is 0 Å². The van der Waals surface area contributed by atoms with Gasteiger partial charge in [0.1, 0.15) is 5.65 Å². The van der Waals surface area contributed by atoms with Crippen LogP contribution in [0.5, 0.6) is 0 Å². The van der Waals surface area contributed by atoms with Gasteiger partial charge in [-0.25, -0.2) is 13.4 Å². The molecular weight excluding hydrogens is 459 g/mol. The molecule has 1 aromatic carbocycles. The van der Waals surface area contributed by atoms with Gasteiger partial charge in [-0.2, -0.15) is 0 Å². The summed E-state index contributed by atoms with van der Waals surface area (Å²) >= 11 is 0. The van der Waals surface area contributed by atoms with Crippen molar-refractivity contribution in [1.82, 2.24) is 14.3 Å². The summed E-state index contributed by atoms with van der Waals surface area (Å²) < 4.78 is 27.0. The number of fused-ring (bicyclic) bond motifs is 1. The molecule has 0 aliphatic carbocycles. The van der Waals surface area contributed by atoms with Gasteiger partial charge >= 0.3 is 0 Å². The number of piperidine rings is 1. The van der Waals surface area contributed by atoms with Crippen molar-refractivity contribution in [1.29, 1.82) is 0 Å². The van der Waals surface area contributed by atoms with Crippen LogP contribution in [0.4, 0.5) is 5.69 Å². The normalized spacial score (nSPS) is 15.1. The average Bonchev–Trinajstić information content (AvgIpc) is 3.15. The van der Waals surface area contributed by atoms with Gasteiger partial charge in [-0.1, -0.05) is 6.07 Å². The van der Waals surface area contributed by atoms with E-state index in [4.69, 9.17) is 0 Å². The second-order valence-corrected chi connectivity index (χ2v) is 9.34. The number of sulfonamides is 1. The Bertz CT molecular complexity index is 1120. The maximum atomic E-state index is 12.8. The fraction of sp³-hybridized carbons (Fsp3) is 0.333. The molecule has 1 N–H and O–H groups in total. The highest BCUT2D eigenvalue weighted by molar-refractivity contribution is 7.92. The molecule has 0 bridgehead atoms. The number of likely N-dealkylation sites (tertiary alicyclic amines) is 1. The quantitative estimate of drug-likeness (QED) is 0.539. The van der Waals surface area contributed by atoms with Crippen molar-refractivity contribution in [3.63, 3.8) is 0 Å². The van der Waals surface area contributed by atoms with Gasteiger partial charge < -0.3 is 4.40 Å². The molecule has 0 atom stereocenters. The molecule has 0 amide bonds. The van der Waals surface area contributed by atoms with E-state index in [0.717, 1.165) is 44.4 Å². The summed E-state index contributed by atoms with van der Waals surface area (Å²) in [6.45, 7) is 2.62. The first kappa shape index (κ1) is 25.1. The predicted octanol–water partition coefficient (Wildman–Crippen LogP) is 3.64. The molecular formula is C21H26Cl2N4O3S. The maximum Gasteiger partial charge on any atom is 0.229 e. The van der Waals surface area contributed by atoms with Crippen LogP contribution in [0.2, 0.25) is 0 Å². The van der Waals surface area contributed by atoms with Gasteiger partial charge in [-0.05, 0) is 61.8 Å². The van der Waals surface area contributed by atoms with Crippen molar-refractivity contribution >= 4 is 52.0 Å². The number of rotatable bonds is 6. The van der Waals surface area contributed by atoms with Crippen LogP contribution in [-0.4, -0.2) is 47.8 Å². The number of pyridine rings is 1. The lowest BCUT2D eigenvalue weighted by atomic mass is 9.88. The number of benzene rings is 1. The van der Waals surface area contributed by atoms with Gasteiger partial charge in [0, 0.05) is 42.3 Å². The number of anilines is 1. The minimum atomic E-state index is -3.32. The number of nitrogens with zero attached hydrogens (tertiary/aromatic N) is 3. The van der Waals surface area contributed by atoms with Crippen LogP contribution >= 0.6 is 24.8 Å². The second-order valence-electron chi connectivity index (χ2n) is 7.60. The third-order valence-electron chi connectivity index (χ3n) is 5.29. The van der Waals surface area contributed by atoms with Crippen molar-refractivity contribution < 1.29 is 13.2 Å². The second kappa shape index (κ2) is 10.5. The zero-order valence-corrected chi connectivity index (χ0v) is 19.5. The summed E-state index contributed by atoms with van der Waals surface area (Å²) in [5.74, 6) is 0.145. The van der Waals surface area contributed by atoms with E-state index in [1.807, 2.05) is 16.7 Å². The standard InChI is InChI=1S/C21H24N4O3S.2ClH/c1-29(27,28)23-19-5-3-17(4-6-19)21(26)18-8-11-24(12-9-18)14-16-2-7-20-22-10-13-25(20)15-16;;/h2-7,10,13,15,18,23H,8-9,11-12,14H2,1H3;2*1H. The van der Waals surface area contributed by atoms with E-state index < -0.39 is 10.0 Å². The van der Waals surface area contributed by atoms with Crippen LogP contribution in [0.1, 0.15) is 28.8 Å². The Morgan fingerprint density at radius 3 is 2.42 bits per heavy atom. The van der Waals surface area contributed by atoms with Crippen molar-refractivity contribution in [2.75, 3.05) is 24.1 Å².